The molecule has 4 nitrogen and oxygen atoms in total. The average molecular weight is 330 g/mol. The Morgan fingerprint density at radius 3 is 2.62 bits per heavy atom. The number of halogens is 2. The number of hydrogen-bond donors (Lipinski definition) is 2. The topological polar surface area (TPSA) is 58.2 Å². The summed E-state index contributed by atoms with van der Waals surface area (Å²) in [5.41, 5.74) is 1.91. The van der Waals surface area contributed by atoms with Gasteiger partial charge < -0.3 is 10.6 Å². The molecule has 0 aliphatic carbocycles. The largest absolute Gasteiger partial charge is 0.326 e. The van der Waals surface area contributed by atoms with E-state index < -0.39 is 11.6 Å². The quantitative estimate of drug-likeness (QED) is 0.901. The smallest absolute Gasteiger partial charge is 0.227 e. The lowest BCUT2D eigenvalue weighted by Gasteiger charge is -2.24. The first kappa shape index (κ1) is 16.1. The number of rotatable bonds is 4. The van der Waals surface area contributed by atoms with Crippen molar-refractivity contribution >= 4 is 23.2 Å². The molecular weight excluding hydrogens is 314 g/mol. The van der Waals surface area contributed by atoms with Crippen LogP contribution in [0.4, 0.5) is 20.2 Å². The molecule has 1 atom stereocenters. The van der Waals surface area contributed by atoms with Gasteiger partial charge in [0.1, 0.15) is 11.6 Å². The van der Waals surface area contributed by atoms with E-state index in [1.807, 2.05) is 24.3 Å². The molecule has 2 aromatic carbocycles. The Bertz CT molecular complexity index is 772. The highest BCUT2D eigenvalue weighted by molar-refractivity contribution is 5.96. The molecule has 0 fully saturated rings. The molecule has 3 rings (SSSR count). The van der Waals surface area contributed by atoms with Crippen molar-refractivity contribution in [3.05, 3.63) is 59.7 Å². The second-order valence-electron chi connectivity index (χ2n) is 5.79. The van der Waals surface area contributed by atoms with Gasteiger partial charge in [0, 0.05) is 29.8 Å². The number of benzene rings is 2. The van der Waals surface area contributed by atoms with Gasteiger partial charge in [0.05, 0.1) is 0 Å². The van der Waals surface area contributed by atoms with E-state index in [4.69, 9.17) is 0 Å². The number of carbonyl (C=O) groups excluding carboxylic acids is 2. The summed E-state index contributed by atoms with van der Waals surface area (Å²) in [5.74, 6) is -2.30. The van der Waals surface area contributed by atoms with Crippen LogP contribution >= 0.6 is 0 Å². The van der Waals surface area contributed by atoms with Gasteiger partial charge in [-0.05, 0) is 36.6 Å². The van der Waals surface area contributed by atoms with Crippen LogP contribution in [0.2, 0.25) is 0 Å². The number of fused-ring (bicyclic) bond motifs is 1. The lowest BCUT2D eigenvalue weighted by Crippen LogP contribution is -2.30. The van der Waals surface area contributed by atoms with Gasteiger partial charge in [-0.15, -0.1) is 0 Å². The van der Waals surface area contributed by atoms with Gasteiger partial charge in [-0.2, -0.15) is 0 Å². The fraction of sp³-hybridized carbons (Fsp3) is 0.222. The van der Waals surface area contributed by atoms with Crippen LogP contribution in [-0.2, 0) is 16.0 Å². The van der Waals surface area contributed by atoms with E-state index in [9.17, 15) is 18.4 Å². The second-order valence-corrected chi connectivity index (χ2v) is 5.79. The Morgan fingerprint density at radius 2 is 1.88 bits per heavy atom. The van der Waals surface area contributed by atoms with E-state index in [0.29, 0.717) is 12.8 Å². The fourth-order valence-electron chi connectivity index (χ4n) is 2.80. The van der Waals surface area contributed by atoms with Crippen LogP contribution in [0.3, 0.4) is 0 Å². The van der Waals surface area contributed by atoms with Crippen LogP contribution in [0.1, 0.15) is 18.4 Å². The normalized spacial score (nSPS) is 16.2. The first-order chi connectivity index (χ1) is 11.5. The monoisotopic (exact) mass is 330 g/mol. The highest BCUT2D eigenvalue weighted by atomic mass is 19.1. The predicted molar refractivity (Wildman–Crippen MR) is 86.5 cm³/mol. The van der Waals surface area contributed by atoms with Crippen LogP contribution in [0.5, 0.6) is 0 Å². The number of para-hydroxylation sites is 1. The first-order valence-electron chi connectivity index (χ1n) is 7.66. The number of carbonyl (C=O) groups is 2. The van der Waals surface area contributed by atoms with Crippen LogP contribution < -0.4 is 10.6 Å². The maximum absolute atomic E-state index is 13.1. The molecule has 6 heteroatoms. The molecule has 1 aliphatic heterocycles. The highest BCUT2D eigenvalue weighted by Gasteiger charge is 2.26. The molecule has 2 aromatic rings. The van der Waals surface area contributed by atoms with Gasteiger partial charge in [-0.25, -0.2) is 8.78 Å². The summed E-state index contributed by atoms with van der Waals surface area (Å²) in [5, 5.41) is 5.28. The Balaban J connectivity index is 1.57. The molecular formula is C18H16F2N2O2. The Kier molecular flexibility index (Phi) is 4.55. The van der Waals surface area contributed by atoms with Crippen molar-refractivity contribution in [2.75, 3.05) is 10.6 Å². The molecule has 1 unspecified atom stereocenters. The molecule has 0 bridgehead atoms. The van der Waals surface area contributed by atoms with E-state index in [2.05, 4.69) is 10.6 Å². The van der Waals surface area contributed by atoms with Crippen molar-refractivity contribution in [2.24, 2.45) is 5.92 Å². The molecule has 0 saturated carbocycles. The van der Waals surface area contributed by atoms with Gasteiger partial charge in [0.25, 0.3) is 0 Å². The minimum Gasteiger partial charge on any atom is -0.326 e. The van der Waals surface area contributed by atoms with Crippen molar-refractivity contribution in [1.82, 2.24) is 0 Å². The minimum atomic E-state index is -0.756. The van der Waals surface area contributed by atoms with Crippen LogP contribution in [0, 0.1) is 17.6 Å². The molecule has 0 aromatic heterocycles. The summed E-state index contributed by atoms with van der Waals surface area (Å²) in [6.07, 6.45) is 1.03. The van der Waals surface area contributed by atoms with Crippen molar-refractivity contribution < 1.29 is 18.4 Å². The third kappa shape index (κ3) is 3.76. The Morgan fingerprint density at radius 1 is 1.17 bits per heavy atom. The third-order valence-electron chi connectivity index (χ3n) is 3.98. The maximum atomic E-state index is 13.1. The minimum absolute atomic E-state index is 0.0657. The van der Waals surface area contributed by atoms with Crippen molar-refractivity contribution in [2.45, 2.75) is 19.3 Å². The molecule has 0 spiro atoms. The summed E-state index contributed by atoms with van der Waals surface area (Å²) < 4.78 is 26.2. The van der Waals surface area contributed by atoms with E-state index >= 15 is 0 Å². The molecule has 0 saturated heterocycles. The predicted octanol–water partition coefficient (Wildman–Crippen LogP) is 3.49. The average Bonchev–Trinajstić information content (AvgIpc) is 2.52. The fourth-order valence-corrected chi connectivity index (χ4v) is 2.80. The summed E-state index contributed by atoms with van der Waals surface area (Å²) in [7, 11) is 0. The van der Waals surface area contributed by atoms with E-state index in [1.54, 1.807) is 0 Å². The van der Waals surface area contributed by atoms with Crippen LogP contribution in [-0.4, -0.2) is 11.8 Å². The molecule has 124 valence electrons. The second kappa shape index (κ2) is 6.78. The van der Waals surface area contributed by atoms with Gasteiger partial charge in [-0.1, -0.05) is 18.2 Å². The summed E-state index contributed by atoms with van der Waals surface area (Å²) in [6, 6.07) is 10.4. The summed E-state index contributed by atoms with van der Waals surface area (Å²) >= 11 is 0. The lowest BCUT2D eigenvalue weighted by atomic mass is 9.89. The van der Waals surface area contributed by atoms with Crippen molar-refractivity contribution in [3.8, 4) is 0 Å². The van der Waals surface area contributed by atoms with Crippen LogP contribution in [0.25, 0.3) is 0 Å². The molecule has 2 N–H and O–H groups in total. The lowest BCUT2D eigenvalue weighted by molar-refractivity contribution is -0.121. The first-order valence-corrected chi connectivity index (χ1v) is 7.66. The summed E-state index contributed by atoms with van der Waals surface area (Å²) in [4.78, 5) is 24.0. The van der Waals surface area contributed by atoms with Gasteiger partial charge in [-0.3, -0.25) is 9.59 Å². The van der Waals surface area contributed by atoms with Crippen molar-refractivity contribution in [3.63, 3.8) is 0 Å². The standard InChI is InChI=1S/C18H16F2N2O2/c19-13-8-14(20)10-15(9-13)21-17(23)6-5-12-7-11-3-1-2-4-16(11)22-18(12)24/h1-4,8-10,12H,5-7H2,(H,21,23)(H,22,24). The zero-order valence-electron chi connectivity index (χ0n) is 12.8. The van der Waals surface area contributed by atoms with Crippen molar-refractivity contribution in [1.29, 1.82) is 0 Å². The van der Waals surface area contributed by atoms with E-state index in [-0.39, 0.29) is 29.8 Å². The highest BCUT2D eigenvalue weighted by Crippen LogP contribution is 2.27. The zero-order valence-corrected chi connectivity index (χ0v) is 12.8. The van der Waals surface area contributed by atoms with E-state index in [0.717, 1.165) is 29.4 Å². The van der Waals surface area contributed by atoms with E-state index in [1.165, 1.54) is 0 Å². The molecule has 1 heterocycles. The third-order valence-corrected chi connectivity index (χ3v) is 3.98. The SMILES string of the molecule is O=C(CCC1Cc2ccccc2NC1=O)Nc1cc(F)cc(F)c1. The number of nitrogens with one attached hydrogen (secondary N) is 2. The molecule has 1 aliphatic rings. The summed E-state index contributed by atoms with van der Waals surface area (Å²) in [6.45, 7) is 0. The number of anilines is 2. The number of hydrogen-bond acceptors (Lipinski definition) is 2. The van der Waals surface area contributed by atoms with Crippen LogP contribution in [0.15, 0.2) is 42.5 Å². The van der Waals surface area contributed by atoms with Gasteiger partial charge in [0.2, 0.25) is 11.8 Å². The van der Waals surface area contributed by atoms with Gasteiger partial charge >= 0.3 is 0 Å². The number of amides is 2. The maximum Gasteiger partial charge on any atom is 0.227 e. The molecule has 0 radical (unpaired) electrons. The zero-order chi connectivity index (χ0) is 17.1. The van der Waals surface area contributed by atoms with Gasteiger partial charge in [0.15, 0.2) is 0 Å². The Hall–Kier alpha value is -2.76. The molecule has 2 amide bonds. The molecule has 24 heavy (non-hydrogen) atoms. The Labute approximate surface area is 137 Å².